The van der Waals surface area contributed by atoms with Crippen LogP contribution in [-0.2, 0) is 22.5 Å². The van der Waals surface area contributed by atoms with E-state index >= 15 is 0 Å². The molecule has 0 saturated heterocycles. The molecule has 0 spiro atoms. The molecule has 9 heteroatoms. The van der Waals surface area contributed by atoms with Crippen LogP contribution in [0.3, 0.4) is 0 Å². The molecule has 4 rings (SSSR count). The summed E-state index contributed by atoms with van der Waals surface area (Å²) in [7, 11) is -7.29. The third kappa shape index (κ3) is 7.18. The second kappa shape index (κ2) is 11.6. The Labute approximate surface area is 263 Å². The lowest BCUT2D eigenvalue weighted by atomic mass is 9.44. The largest absolute Gasteiger partial charge is 0.415 e. The Hall–Kier alpha value is 0.378. The van der Waals surface area contributed by atoms with Crippen molar-refractivity contribution in [2.24, 2.45) is 34.5 Å². The van der Waals surface area contributed by atoms with Crippen LogP contribution in [0.25, 0.3) is 0 Å². The van der Waals surface area contributed by atoms with Crippen LogP contribution in [0.5, 0.6) is 0 Å². The molecule has 0 heterocycles. The Bertz CT molecular complexity index is 994. The van der Waals surface area contributed by atoms with E-state index in [0.29, 0.717) is 42.7 Å². The third-order valence-electron chi connectivity index (χ3n) is 11.2. The molecule has 4 saturated carbocycles. The Balaban J connectivity index is 1.70. The normalized spacial score (nSPS) is 40.3. The van der Waals surface area contributed by atoms with Crippen molar-refractivity contribution in [2.75, 3.05) is 6.61 Å². The molecule has 0 aromatic rings. The van der Waals surface area contributed by atoms with Gasteiger partial charge in [0, 0.05) is 23.9 Å². The summed E-state index contributed by atoms with van der Waals surface area (Å²) in [6, 6.07) is 0. The molecule has 4 aliphatic carbocycles. The molecule has 0 aliphatic heterocycles. The molecule has 42 heavy (non-hydrogen) atoms. The zero-order valence-electron chi connectivity index (χ0n) is 29.9. The van der Waals surface area contributed by atoms with E-state index in [2.05, 4.69) is 92.4 Å². The van der Waals surface area contributed by atoms with Crippen LogP contribution in [-0.4, -0.2) is 63.5 Å². The zero-order valence-corrected chi connectivity index (χ0v) is 33.9. The maximum absolute atomic E-state index is 14.7. The van der Waals surface area contributed by atoms with Crippen molar-refractivity contribution >= 4 is 39.1 Å². The smallest absolute Gasteiger partial charge is 0.184 e. The molecule has 0 unspecified atom stereocenters. The van der Waals surface area contributed by atoms with Gasteiger partial charge in [-0.15, -0.1) is 0 Å². The van der Waals surface area contributed by atoms with Crippen LogP contribution in [0.4, 0.5) is 0 Å². The summed E-state index contributed by atoms with van der Waals surface area (Å²) < 4.78 is 27.9. The molecule has 0 aromatic carbocycles. The molecule has 5 nitrogen and oxygen atoms in total. The summed E-state index contributed by atoms with van der Waals surface area (Å²) in [6.45, 7) is 33.0. The average Bonchev–Trinajstić information content (AvgIpc) is 3.05. The number of fused-ring (bicyclic) bond motifs is 5. The maximum atomic E-state index is 14.7. The van der Waals surface area contributed by atoms with Gasteiger partial charge in [0.2, 0.25) is 0 Å². The van der Waals surface area contributed by atoms with Gasteiger partial charge < -0.3 is 17.7 Å². The minimum absolute atomic E-state index is 0.0979. The lowest BCUT2D eigenvalue weighted by Crippen LogP contribution is -2.67. The quantitative estimate of drug-likeness (QED) is 0.220. The van der Waals surface area contributed by atoms with Gasteiger partial charge in [-0.2, -0.15) is 0 Å². The highest BCUT2D eigenvalue weighted by Crippen LogP contribution is 2.69. The molecule has 4 aliphatic rings. The first-order valence-corrected chi connectivity index (χ1v) is 30.7. The minimum atomic E-state index is -2.00. The second-order valence-corrected chi connectivity index (χ2v) is 36.9. The van der Waals surface area contributed by atoms with Crippen molar-refractivity contribution in [2.45, 2.75) is 162 Å². The fourth-order valence-corrected chi connectivity index (χ4v) is 14.5. The van der Waals surface area contributed by atoms with Gasteiger partial charge in [0.05, 0.1) is 18.3 Å². The van der Waals surface area contributed by atoms with Crippen LogP contribution in [0.1, 0.15) is 65.2 Å². The van der Waals surface area contributed by atoms with Crippen molar-refractivity contribution in [1.29, 1.82) is 0 Å². The first kappa shape index (κ1) is 35.2. The third-order valence-corrected chi connectivity index (χ3v) is 15.2. The lowest BCUT2D eigenvalue weighted by Gasteiger charge is -2.62. The molecule has 0 aromatic heterocycles. The van der Waals surface area contributed by atoms with Gasteiger partial charge in [0.1, 0.15) is 5.78 Å². The molecule has 244 valence electrons. The fraction of sp³-hybridized carbons (Fsp3) is 0.970. The van der Waals surface area contributed by atoms with Gasteiger partial charge in [0.25, 0.3) is 0 Å². The molecule has 0 amide bonds. The van der Waals surface area contributed by atoms with Gasteiger partial charge in [-0.25, -0.2) is 0 Å². The van der Waals surface area contributed by atoms with Crippen LogP contribution in [0, 0.1) is 34.5 Å². The second-order valence-electron chi connectivity index (χ2n) is 19.0. The number of rotatable bonds is 10. The van der Waals surface area contributed by atoms with Crippen LogP contribution in [0.15, 0.2) is 0 Å². The number of Topliss-reactive ketones (excluding diaryl/α,β-unsaturated/α-hetero) is 1. The van der Waals surface area contributed by atoms with E-state index in [4.69, 9.17) is 17.7 Å². The summed E-state index contributed by atoms with van der Waals surface area (Å²) >= 11 is 0. The van der Waals surface area contributed by atoms with E-state index in [9.17, 15) is 4.79 Å². The first-order chi connectivity index (χ1) is 18.9. The van der Waals surface area contributed by atoms with Gasteiger partial charge >= 0.3 is 0 Å². The fourth-order valence-electron chi connectivity index (χ4n) is 9.99. The van der Waals surface area contributed by atoms with Gasteiger partial charge in [-0.3, -0.25) is 4.79 Å². The Morgan fingerprint density at radius 2 is 1.43 bits per heavy atom. The number of ketones is 1. The topological polar surface area (TPSA) is 54.0 Å². The zero-order chi connectivity index (χ0) is 31.7. The molecular formula is C33H66O5Si4. The van der Waals surface area contributed by atoms with Crippen molar-refractivity contribution in [3.05, 3.63) is 0 Å². The maximum Gasteiger partial charge on any atom is 0.184 e. The van der Waals surface area contributed by atoms with E-state index in [0.717, 1.165) is 32.1 Å². The van der Waals surface area contributed by atoms with E-state index in [1.807, 2.05) is 0 Å². The van der Waals surface area contributed by atoms with E-state index in [1.54, 1.807) is 0 Å². The highest BCUT2D eigenvalue weighted by molar-refractivity contribution is 6.71. The number of carbonyl (C=O) groups is 1. The predicted octanol–water partition coefficient (Wildman–Crippen LogP) is 9.09. The van der Waals surface area contributed by atoms with Gasteiger partial charge in [-0.1, -0.05) is 13.8 Å². The highest BCUT2D eigenvalue weighted by atomic mass is 28.4. The Morgan fingerprint density at radius 1 is 0.786 bits per heavy atom. The monoisotopic (exact) mass is 654 g/mol. The van der Waals surface area contributed by atoms with E-state index in [-0.39, 0.29) is 22.9 Å². The lowest BCUT2D eigenvalue weighted by molar-refractivity contribution is -0.187. The molecule has 0 radical (unpaired) electrons. The standard InChI is InChI=1S/C33H66O5Si4/c1-31-19-17-25(36-40(6,7)8)21-24(31)15-16-26-27-18-20-33(38-42(12,13)14,32(27,2)22-28(34)30(26)31)29(37-41(9,10)11)23-35-39(3,4)5/h24-27,29-30H,15-23H2,1-14H3/t24-,25-,26+,27+,29+,30-,31+,32+,33+/m1/s1. The van der Waals surface area contributed by atoms with Crippen LogP contribution in [0.2, 0.25) is 78.6 Å². The minimum Gasteiger partial charge on any atom is -0.415 e. The summed E-state index contributed by atoms with van der Waals surface area (Å²) in [4.78, 5) is 14.7. The molecular weight excluding hydrogens is 589 g/mol. The van der Waals surface area contributed by atoms with Crippen molar-refractivity contribution in [1.82, 2.24) is 0 Å². The summed E-state index contributed by atoms with van der Waals surface area (Å²) in [6.07, 6.45) is 8.77. The number of hydrogen-bond donors (Lipinski definition) is 0. The Morgan fingerprint density at radius 3 is 1.98 bits per heavy atom. The number of carbonyl (C=O) groups excluding carboxylic acids is 1. The summed E-state index contributed by atoms with van der Waals surface area (Å²) in [5.74, 6) is 2.23. The summed E-state index contributed by atoms with van der Waals surface area (Å²) in [5, 5.41) is 0. The van der Waals surface area contributed by atoms with E-state index < -0.39 is 38.9 Å². The van der Waals surface area contributed by atoms with Crippen LogP contribution >= 0.6 is 0 Å². The van der Waals surface area contributed by atoms with Crippen molar-refractivity contribution in [3.63, 3.8) is 0 Å². The SMILES string of the molecule is C[C@]12CC[C@@H](O[Si](C)(C)C)C[C@H]1CC[C@@H]1[C@@H]2C(=O)C[C@@]2(C)[C@H]1CC[C@]2(O[Si](C)(C)C)[C@H](CO[Si](C)(C)C)O[Si](C)(C)C. The molecule has 0 bridgehead atoms. The predicted molar refractivity (Wildman–Crippen MR) is 185 cm³/mol. The molecule has 0 N–H and O–H groups in total. The van der Waals surface area contributed by atoms with Crippen molar-refractivity contribution < 1.29 is 22.5 Å². The highest BCUT2D eigenvalue weighted by Gasteiger charge is 2.70. The van der Waals surface area contributed by atoms with Gasteiger partial charge in [-0.05, 0) is 147 Å². The van der Waals surface area contributed by atoms with Crippen LogP contribution < -0.4 is 0 Å². The molecule has 4 fully saturated rings. The van der Waals surface area contributed by atoms with Gasteiger partial charge in [0.15, 0.2) is 33.3 Å². The van der Waals surface area contributed by atoms with Crippen molar-refractivity contribution in [3.8, 4) is 0 Å². The Kier molecular flexibility index (Phi) is 9.70. The molecule has 9 atom stereocenters. The summed E-state index contributed by atoms with van der Waals surface area (Å²) in [5.41, 5.74) is -0.621. The first-order valence-electron chi connectivity index (χ1n) is 17.1. The number of hydrogen-bond acceptors (Lipinski definition) is 5. The average molecular weight is 655 g/mol. The van der Waals surface area contributed by atoms with E-state index in [1.165, 1.54) is 12.8 Å².